The molecule has 0 fully saturated rings. The van der Waals surface area contributed by atoms with E-state index in [0.29, 0.717) is 5.89 Å². The fraction of sp³-hybridized carbons (Fsp3) is 0.100. The number of hydrazone groups is 1. The van der Waals surface area contributed by atoms with Crippen LogP contribution in [0.2, 0.25) is 0 Å². The second-order valence-electron chi connectivity index (χ2n) is 11.4. The van der Waals surface area contributed by atoms with Gasteiger partial charge in [0.2, 0.25) is 5.89 Å². The summed E-state index contributed by atoms with van der Waals surface area (Å²) >= 11 is 0. The predicted molar refractivity (Wildman–Crippen MR) is 186 cm³/mol. The van der Waals surface area contributed by atoms with Crippen molar-refractivity contribution in [2.24, 2.45) is 5.10 Å². The Labute approximate surface area is 264 Å². The third-order valence-electron chi connectivity index (χ3n) is 8.16. The minimum atomic E-state index is 0.141. The second-order valence-corrected chi connectivity index (χ2v) is 11.4. The molecule has 5 heteroatoms. The maximum Gasteiger partial charge on any atom is 0.226 e. The van der Waals surface area contributed by atoms with Gasteiger partial charge in [-0.3, -0.25) is 5.01 Å². The highest BCUT2D eigenvalue weighted by Gasteiger charge is 2.29. The number of rotatable bonds is 8. The lowest BCUT2D eigenvalue weighted by Gasteiger charge is -2.24. The lowest BCUT2D eigenvalue weighted by Crippen LogP contribution is -2.18. The monoisotopic (exact) mass is 586 g/mol. The number of aromatic nitrogens is 1. The first-order chi connectivity index (χ1) is 22.1. The Hall–Kier alpha value is -5.68. The molecule has 0 bridgehead atoms. The van der Waals surface area contributed by atoms with Crippen LogP contribution in [-0.4, -0.2) is 24.8 Å². The molecule has 45 heavy (non-hydrogen) atoms. The highest BCUT2D eigenvalue weighted by Crippen LogP contribution is 2.37. The topological polar surface area (TPSA) is 44.9 Å². The molecule has 0 aliphatic carbocycles. The zero-order valence-corrected chi connectivity index (χ0v) is 25.4. The average molecular weight is 587 g/mol. The highest BCUT2D eigenvalue weighted by molar-refractivity contribution is 6.03. The SMILES string of the molecule is CN(C)c1ccc(C2=NN(c3ccc(C=Cc4ccc(-c5ncc(-c6ccccc6)o5)cc4)cc3)C(c3ccccc3)C2)cc1. The smallest absolute Gasteiger partial charge is 0.226 e. The Morgan fingerprint density at radius 3 is 1.91 bits per heavy atom. The van der Waals surface area contributed by atoms with Gasteiger partial charge in [-0.25, -0.2) is 4.98 Å². The molecule has 7 rings (SSSR count). The Bertz CT molecular complexity index is 1920. The van der Waals surface area contributed by atoms with Crippen molar-refractivity contribution < 1.29 is 4.42 Å². The molecule has 1 unspecified atom stereocenters. The molecule has 1 aliphatic rings. The molecule has 0 amide bonds. The van der Waals surface area contributed by atoms with Crippen LogP contribution in [-0.2, 0) is 0 Å². The number of benzene rings is 5. The summed E-state index contributed by atoms with van der Waals surface area (Å²) in [6, 6.07) is 46.4. The molecule has 1 aromatic heterocycles. The van der Waals surface area contributed by atoms with Crippen molar-refractivity contribution in [3.63, 3.8) is 0 Å². The van der Waals surface area contributed by atoms with Crippen LogP contribution in [0.5, 0.6) is 0 Å². The summed E-state index contributed by atoms with van der Waals surface area (Å²) in [6.07, 6.45) is 6.89. The molecule has 6 aromatic rings. The van der Waals surface area contributed by atoms with Crippen LogP contribution in [0.15, 0.2) is 149 Å². The van der Waals surface area contributed by atoms with E-state index in [2.05, 4.69) is 132 Å². The highest BCUT2D eigenvalue weighted by atomic mass is 16.4. The van der Waals surface area contributed by atoms with Crippen LogP contribution >= 0.6 is 0 Å². The van der Waals surface area contributed by atoms with Gasteiger partial charge in [-0.05, 0) is 58.7 Å². The first kappa shape index (κ1) is 28.1. The molecule has 1 aliphatic heterocycles. The Kier molecular flexibility index (Phi) is 7.81. The van der Waals surface area contributed by atoms with Crippen molar-refractivity contribution in [2.45, 2.75) is 12.5 Å². The molecule has 2 heterocycles. The van der Waals surface area contributed by atoms with E-state index in [1.54, 1.807) is 6.20 Å². The van der Waals surface area contributed by atoms with Gasteiger partial charge in [0.15, 0.2) is 5.76 Å². The molecule has 0 spiro atoms. The molecular weight excluding hydrogens is 552 g/mol. The third-order valence-corrected chi connectivity index (χ3v) is 8.16. The van der Waals surface area contributed by atoms with Crippen LogP contribution in [0.1, 0.15) is 34.7 Å². The summed E-state index contributed by atoms with van der Waals surface area (Å²) in [4.78, 5) is 6.60. The molecule has 1 atom stereocenters. The van der Waals surface area contributed by atoms with Crippen molar-refractivity contribution in [3.8, 4) is 22.8 Å². The maximum absolute atomic E-state index is 6.01. The van der Waals surface area contributed by atoms with Crippen molar-refractivity contribution in [2.75, 3.05) is 24.0 Å². The van der Waals surface area contributed by atoms with Gasteiger partial charge in [-0.15, -0.1) is 0 Å². The molecule has 5 aromatic carbocycles. The van der Waals surface area contributed by atoms with E-state index in [0.717, 1.165) is 51.4 Å². The quantitative estimate of drug-likeness (QED) is 0.167. The van der Waals surface area contributed by atoms with Crippen LogP contribution in [0, 0.1) is 0 Å². The third kappa shape index (κ3) is 6.20. The van der Waals surface area contributed by atoms with E-state index in [9.17, 15) is 0 Å². The molecule has 0 radical (unpaired) electrons. The summed E-state index contributed by atoms with van der Waals surface area (Å²) in [5.41, 5.74) is 9.98. The molecule has 5 nitrogen and oxygen atoms in total. The zero-order chi connectivity index (χ0) is 30.6. The molecule has 220 valence electrons. The summed E-state index contributed by atoms with van der Waals surface area (Å²) < 4.78 is 6.01. The van der Waals surface area contributed by atoms with E-state index in [1.165, 1.54) is 11.3 Å². The number of oxazole rings is 1. The van der Waals surface area contributed by atoms with Crippen LogP contribution in [0.4, 0.5) is 11.4 Å². The lowest BCUT2D eigenvalue weighted by molar-refractivity contribution is 0.589. The summed E-state index contributed by atoms with van der Waals surface area (Å²) in [6.45, 7) is 0. The van der Waals surface area contributed by atoms with Gasteiger partial charge in [0.05, 0.1) is 23.6 Å². The van der Waals surface area contributed by atoms with Gasteiger partial charge < -0.3 is 9.32 Å². The van der Waals surface area contributed by atoms with E-state index < -0.39 is 0 Å². The molecule has 0 saturated carbocycles. The van der Waals surface area contributed by atoms with E-state index >= 15 is 0 Å². The second kappa shape index (κ2) is 12.5. The lowest BCUT2D eigenvalue weighted by atomic mass is 9.98. The molecular formula is C40H34N4O. The van der Waals surface area contributed by atoms with Crippen LogP contribution in [0.3, 0.4) is 0 Å². The minimum Gasteiger partial charge on any atom is -0.436 e. The zero-order valence-electron chi connectivity index (χ0n) is 25.4. The number of hydrogen-bond donors (Lipinski definition) is 0. The van der Waals surface area contributed by atoms with Gasteiger partial charge in [-0.2, -0.15) is 5.10 Å². The number of nitrogens with zero attached hydrogens (tertiary/aromatic N) is 4. The molecule has 0 saturated heterocycles. The van der Waals surface area contributed by atoms with Crippen molar-refractivity contribution >= 4 is 29.2 Å². The summed E-state index contributed by atoms with van der Waals surface area (Å²) in [7, 11) is 4.12. The van der Waals surface area contributed by atoms with E-state index in [1.807, 2.05) is 42.5 Å². The largest absolute Gasteiger partial charge is 0.436 e. The van der Waals surface area contributed by atoms with Gasteiger partial charge in [0.1, 0.15) is 0 Å². The van der Waals surface area contributed by atoms with Crippen LogP contribution < -0.4 is 9.91 Å². The first-order valence-corrected chi connectivity index (χ1v) is 15.2. The normalized spacial score (nSPS) is 14.6. The fourth-order valence-electron chi connectivity index (χ4n) is 5.62. The summed E-state index contributed by atoms with van der Waals surface area (Å²) in [5.74, 6) is 1.38. The Balaban J connectivity index is 1.07. The predicted octanol–water partition coefficient (Wildman–Crippen LogP) is 9.60. The van der Waals surface area contributed by atoms with Gasteiger partial charge in [0, 0.05) is 37.3 Å². The van der Waals surface area contributed by atoms with Crippen molar-refractivity contribution in [1.82, 2.24) is 4.98 Å². The standard InChI is InChI=1S/C40H34N4O/c1-43(2)35-25-21-31(22-26-35)37-27-38(32-9-5-3-6-10-32)44(42-37)36-23-17-30(18-24-36)14-13-29-15-19-34(20-16-29)40-41-28-39(45-40)33-11-7-4-8-12-33/h3-26,28,38H,27H2,1-2H3. The van der Waals surface area contributed by atoms with Gasteiger partial charge in [0.25, 0.3) is 0 Å². The number of hydrogen-bond acceptors (Lipinski definition) is 5. The van der Waals surface area contributed by atoms with Crippen molar-refractivity contribution in [1.29, 1.82) is 0 Å². The Morgan fingerprint density at radius 1 is 0.667 bits per heavy atom. The van der Waals surface area contributed by atoms with E-state index in [4.69, 9.17) is 9.52 Å². The first-order valence-electron chi connectivity index (χ1n) is 15.2. The minimum absolute atomic E-state index is 0.141. The van der Waals surface area contributed by atoms with Crippen molar-refractivity contribution in [3.05, 3.63) is 162 Å². The van der Waals surface area contributed by atoms with Crippen LogP contribution in [0.25, 0.3) is 34.9 Å². The van der Waals surface area contributed by atoms with Gasteiger partial charge in [-0.1, -0.05) is 109 Å². The fourth-order valence-corrected chi connectivity index (χ4v) is 5.62. The summed E-state index contributed by atoms with van der Waals surface area (Å²) in [5, 5.41) is 7.31. The Morgan fingerprint density at radius 2 is 1.27 bits per heavy atom. The maximum atomic E-state index is 6.01. The van der Waals surface area contributed by atoms with E-state index in [-0.39, 0.29) is 6.04 Å². The van der Waals surface area contributed by atoms with Gasteiger partial charge >= 0.3 is 0 Å². The average Bonchev–Trinajstić information content (AvgIpc) is 3.78. The number of anilines is 2. The molecule has 0 N–H and O–H groups in total.